The third-order valence-electron chi connectivity index (χ3n) is 4.03. The molecule has 0 radical (unpaired) electrons. The highest BCUT2D eigenvalue weighted by Gasteiger charge is 2.17. The van der Waals surface area contributed by atoms with Gasteiger partial charge in [0.25, 0.3) is 5.56 Å². The number of hydrogen-bond acceptors (Lipinski definition) is 5. The minimum Gasteiger partial charge on any atom is -0.367 e. The summed E-state index contributed by atoms with van der Waals surface area (Å²) >= 11 is 4.83. The maximum Gasteiger partial charge on any atom is 0.292 e. The SMILES string of the molecule is Cc1cc(-c2ccc(Br)cc2)c2c(n1)sc1c(=O)n(/N=C/N(C)C)cnc12. The monoisotopic (exact) mass is 441 g/mol. The van der Waals surface area contributed by atoms with Crippen LogP contribution in [-0.4, -0.2) is 40.0 Å². The molecule has 0 aliphatic heterocycles. The molecule has 1 aromatic carbocycles. The number of benzene rings is 1. The summed E-state index contributed by atoms with van der Waals surface area (Å²) in [5, 5.41) is 5.06. The molecule has 0 aliphatic rings. The molecule has 8 heteroatoms. The van der Waals surface area contributed by atoms with Crippen LogP contribution in [0.25, 0.3) is 31.6 Å². The summed E-state index contributed by atoms with van der Waals surface area (Å²) in [5.74, 6) is 0. The van der Waals surface area contributed by atoms with Crippen molar-refractivity contribution in [2.24, 2.45) is 5.10 Å². The van der Waals surface area contributed by atoms with Crippen LogP contribution in [0.1, 0.15) is 5.69 Å². The molecule has 0 bridgehead atoms. The Labute approximate surface area is 167 Å². The van der Waals surface area contributed by atoms with Gasteiger partial charge in [-0.3, -0.25) is 4.79 Å². The van der Waals surface area contributed by atoms with Gasteiger partial charge in [-0.05, 0) is 36.2 Å². The van der Waals surface area contributed by atoms with Crippen molar-refractivity contribution in [3.05, 3.63) is 57.2 Å². The fourth-order valence-corrected chi connectivity index (χ4v) is 4.23. The fourth-order valence-electron chi connectivity index (χ4n) is 2.84. The first kappa shape index (κ1) is 17.8. The van der Waals surface area contributed by atoms with Crippen molar-refractivity contribution in [2.75, 3.05) is 14.1 Å². The number of pyridine rings is 1. The molecule has 0 N–H and O–H groups in total. The van der Waals surface area contributed by atoms with Crippen molar-refractivity contribution in [2.45, 2.75) is 6.92 Å². The van der Waals surface area contributed by atoms with Gasteiger partial charge in [0, 0.05) is 29.6 Å². The molecule has 0 aliphatic carbocycles. The number of nitrogens with zero attached hydrogens (tertiary/aromatic N) is 5. The van der Waals surface area contributed by atoms with E-state index in [1.807, 2.05) is 51.4 Å². The highest BCUT2D eigenvalue weighted by Crippen LogP contribution is 2.37. The van der Waals surface area contributed by atoms with Gasteiger partial charge in [0.1, 0.15) is 22.2 Å². The van der Waals surface area contributed by atoms with Gasteiger partial charge in [-0.1, -0.05) is 28.1 Å². The molecule has 0 unspecified atom stereocenters. The third kappa shape index (κ3) is 3.26. The number of aromatic nitrogens is 3. The summed E-state index contributed by atoms with van der Waals surface area (Å²) in [6, 6.07) is 10.1. The molecule has 0 amide bonds. The van der Waals surface area contributed by atoms with Crippen LogP contribution in [0.3, 0.4) is 0 Å². The minimum absolute atomic E-state index is 0.194. The number of hydrogen-bond donors (Lipinski definition) is 0. The van der Waals surface area contributed by atoms with E-state index in [9.17, 15) is 4.79 Å². The zero-order valence-electron chi connectivity index (χ0n) is 15.0. The molecule has 0 atom stereocenters. The lowest BCUT2D eigenvalue weighted by Gasteiger charge is -2.06. The van der Waals surface area contributed by atoms with Gasteiger partial charge < -0.3 is 4.90 Å². The van der Waals surface area contributed by atoms with Crippen molar-refractivity contribution in [1.29, 1.82) is 0 Å². The van der Waals surface area contributed by atoms with Crippen molar-refractivity contribution >= 4 is 54.0 Å². The smallest absolute Gasteiger partial charge is 0.292 e. The van der Waals surface area contributed by atoms with E-state index in [1.165, 1.54) is 22.3 Å². The van der Waals surface area contributed by atoms with Crippen molar-refractivity contribution in [3.8, 4) is 11.1 Å². The standard InChI is InChI=1S/C19H16BrN5OS/c1-11-8-14(12-4-6-13(20)7-5-12)15-16-17(27-18(15)23-11)19(26)25(9-21-16)22-10-24(2)3/h4-10H,1-3H3/b22-10+. The van der Waals surface area contributed by atoms with Crippen LogP contribution in [0.4, 0.5) is 0 Å². The third-order valence-corrected chi connectivity index (χ3v) is 5.62. The van der Waals surface area contributed by atoms with E-state index in [0.29, 0.717) is 10.2 Å². The second-order valence-corrected chi connectivity index (χ2v) is 8.28. The molecular formula is C19H16BrN5OS. The average molecular weight is 442 g/mol. The van der Waals surface area contributed by atoms with Crippen LogP contribution >= 0.6 is 27.3 Å². The van der Waals surface area contributed by atoms with Gasteiger partial charge in [-0.15, -0.1) is 11.3 Å². The average Bonchev–Trinajstić information content (AvgIpc) is 3.00. The van der Waals surface area contributed by atoms with Gasteiger partial charge in [-0.2, -0.15) is 9.78 Å². The quantitative estimate of drug-likeness (QED) is 0.354. The van der Waals surface area contributed by atoms with Gasteiger partial charge in [-0.25, -0.2) is 9.97 Å². The zero-order chi connectivity index (χ0) is 19.1. The molecule has 136 valence electrons. The number of rotatable bonds is 3. The second kappa shape index (κ2) is 6.86. The number of aryl methyl sites for hydroxylation is 1. The van der Waals surface area contributed by atoms with Crippen LogP contribution in [0.5, 0.6) is 0 Å². The Balaban J connectivity index is 2.02. The van der Waals surface area contributed by atoms with E-state index in [0.717, 1.165) is 31.5 Å². The molecule has 3 aromatic heterocycles. The largest absolute Gasteiger partial charge is 0.367 e. The van der Waals surface area contributed by atoms with Crippen LogP contribution in [0.2, 0.25) is 0 Å². The van der Waals surface area contributed by atoms with E-state index < -0.39 is 0 Å². The van der Waals surface area contributed by atoms with Gasteiger partial charge in [0.15, 0.2) is 0 Å². The second-order valence-electron chi connectivity index (χ2n) is 6.37. The lowest BCUT2D eigenvalue weighted by atomic mass is 10.0. The Kier molecular flexibility index (Phi) is 4.53. The topological polar surface area (TPSA) is 63.4 Å². The molecular weight excluding hydrogens is 426 g/mol. The summed E-state index contributed by atoms with van der Waals surface area (Å²) in [6.45, 7) is 1.96. The van der Waals surface area contributed by atoms with E-state index in [4.69, 9.17) is 0 Å². The van der Waals surface area contributed by atoms with Gasteiger partial charge in [0.05, 0.1) is 5.52 Å². The normalized spacial score (nSPS) is 11.7. The van der Waals surface area contributed by atoms with Crippen LogP contribution in [-0.2, 0) is 0 Å². The van der Waals surface area contributed by atoms with Gasteiger partial charge in [0.2, 0.25) is 0 Å². The highest BCUT2D eigenvalue weighted by molar-refractivity contribution is 9.10. The lowest BCUT2D eigenvalue weighted by molar-refractivity contribution is 0.629. The molecule has 27 heavy (non-hydrogen) atoms. The molecule has 6 nitrogen and oxygen atoms in total. The molecule has 4 rings (SSSR count). The van der Waals surface area contributed by atoms with E-state index in [1.54, 1.807) is 11.2 Å². The van der Waals surface area contributed by atoms with Crippen molar-refractivity contribution in [3.63, 3.8) is 0 Å². The molecule has 3 heterocycles. The van der Waals surface area contributed by atoms with Crippen LogP contribution < -0.4 is 5.56 Å². The fraction of sp³-hybridized carbons (Fsp3) is 0.158. The molecule has 0 saturated heterocycles. The Morgan fingerprint density at radius 3 is 2.70 bits per heavy atom. The maximum atomic E-state index is 12.9. The maximum absolute atomic E-state index is 12.9. The Hall–Kier alpha value is -2.58. The van der Waals surface area contributed by atoms with Crippen LogP contribution in [0, 0.1) is 6.92 Å². The summed E-state index contributed by atoms with van der Waals surface area (Å²) in [5.41, 5.74) is 3.46. The minimum atomic E-state index is -0.194. The first-order chi connectivity index (χ1) is 12.9. The Morgan fingerprint density at radius 2 is 2.00 bits per heavy atom. The Bertz CT molecular complexity index is 1240. The van der Waals surface area contributed by atoms with E-state index >= 15 is 0 Å². The van der Waals surface area contributed by atoms with Crippen molar-refractivity contribution in [1.82, 2.24) is 19.5 Å². The first-order valence-corrected chi connectivity index (χ1v) is 9.83. The summed E-state index contributed by atoms with van der Waals surface area (Å²) in [6.07, 6.45) is 3.03. The molecule has 0 spiro atoms. The van der Waals surface area contributed by atoms with Crippen LogP contribution in [0.15, 0.2) is 51.0 Å². The number of halogens is 1. The Morgan fingerprint density at radius 1 is 1.26 bits per heavy atom. The molecule has 4 aromatic rings. The lowest BCUT2D eigenvalue weighted by Crippen LogP contribution is -2.18. The summed E-state index contributed by atoms with van der Waals surface area (Å²) < 4.78 is 2.83. The zero-order valence-corrected chi connectivity index (χ0v) is 17.4. The van der Waals surface area contributed by atoms with Gasteiger partial charge >= 0.3 is 0 Å². The summed E-state index contributed by atoms with van der Waals surface area (Å²) in [7, 11) is 3.69. The van der Waals surface area contributed by atoms with Crippen molar-refractivity contribution < 1.29 is 0 Å². The number of fused-ring (bicyclic) bond motifs is 3. The highest BCUT2D eigenvalue weighted by atomic mass is 79.9. The number of thiophene rings is 1. The predicted molar refractivity (Wildman–Crippen MR) is 115 cm³/mol. The summed E-state index contributed by atoms with van der Waals surface area (Å²) in [4.78, 5) is 24.6. The van der Waals surface area contributed by atoms with E-state index in [2.05, 4.69) is 31.0 Å². The first-order valence-electron chi connectivity index (χ1n) is 8.22. The molecule has 0 saturated carbocycles. The predicted octanol–water partition coefficient (Wildman–Crippen LogP) is 4.10. The molecule has 0 fully saturated rings. The van der Waals surface area contributed by atoms with E-state index in [-0.39, 0.29) is 5.56 Å².